The van der Waals surface area contributed by atoms with E-state index in [0.29, 0.717) is 5.82 Å². The number of nitrogens with zero attached hydrogens (tertiary/aromatic N) is 2. The van der Waals surface area contributed by atoms with Crippen LogP contribution in [0.2, 0.25) is 0 Å². The molecule has 0 bridgehead atoms. The van der Waals surface area contributed by atoms with E-state index in [4.69, 9.17) is 0 Å². The molecule has 1 aliphatic rings. The molecule has 0 fully saturated rings. The number of hydrogen-bond donors (Lipinski definition) is 1. The molecule has 2 heterocycles. The van der Waals surface area contributed by atoms with Gasteiger partial charge in [-0.15, -0.1) is 0 Å². The molecule has 102 valence electrons. The topological polar surface area (TPSA) is 53.4 Å². The molecule has 0 aromatic carbocycles. The van der Waals surface area contributed by atoms with Gasteiger partial charge in [0.15, 0.2) is 0 Å². The highest BCUT2D eigenvalue weighted by molar-refractivity contribution is 5.93. The van der Waals surface area contributed by atoms with Gasteiger partial charge in [0.2, 0.25) is 0 Å². The van der Waals surface area contributed by atoms with Gasteiger partial charge < -0.3 is 10.0 Å². The Hall–Kier alpha value is -1.84. The average Bonchev–Trinajstić information content (AvgIpc) is 2.38. The molecule has 0 radical (unpaired) electrons. The highest BCUT2D eigenvalue weighted by Crippen LogP contribution is 2.31. The molecule has 0 spiro atoms. The molecule has 0 atom stereocenters. The molecule has 0 unspecified atom stereocenters. The predicted molar refractivity (Wildman–Crippen MR) is 75.6 cm³/mol. The number of aromatic nitrogens is 1. The van der Waals surface area contributed by atoms with Crippen molar-refractivity contribution in [1.29, 1.82) is 0 Å². The van der Waals surface area contributed by atoms with Crippen LogP contribution in [-0.2, 0) is 0 Å². The Labute approximate surface area is 113 Å². The van der Waals surface area contributed by atoms with Crippen LogP contribution in [-0.4, -0.2) is 29.1 Å². The molecular weight excluding hydrogens is 240 g/mol. The third-order valence-electron chi connectivity index (χ3n) is 3.49. The summed E-state index contributed by atoms with van der Waals surface area (Å²) in [7, 11) is 0. The smallest absolute Gasteiger partial charge is 0.339 e. The summed E-state index contributed by atoms with van der Waals surface area (Å²) in [5, 5.41) is 9.20. The van der Waals surface area contributed by atoms with Gasteiger partial charge in [-0.25, -0.2) is 9.78 Å². The van der Waals surface area contributed by atoms with Crippen LogP contribution in [0.3, 0.4) is 0 Å². The zero-order valence-corrected chi connectivity index (χ0v) is 11.7. The highest BCUT2D eigenvalue weighted by Gasteiger charge is 2.24. The maximum Gasteiger partial charge on any atom is 0.339 e. The Morgan fingerprint density at radius 1 is 1.42 bits per heavy atom. The van der Waals surface area contributed by atoms with Crippen LogP contribution < -0.4 is 4.90 Å². The molecule has 0 saturated heterocycles. The van der Waals surface area contributed by atoms with Crippen LogP contribution in [0.4, 0.5) is 5.82 Å². The molecular formula is C15H20N2O2. The van der Waals surface area contributed by atoms with Crippen LogP contribution in [0.1, 0.15) is 37.6 Å². The SMILES string of the molecule is CC(C)(C)C1=CCN(c2ncccc2C(=O)O)CC1. The second-order valence-electron chi connectivity index (χ2n) is 5.86. The number of carboxylic acid groups (broad SMARTS) is 1. The van der Waals surface area contributed by atoms with Gasteiger partial charge in [0.25, 0.3) is 0 Å². The first-order valence-electron chi connectivity index (χ1n) is 6.52. The summed E-state index contributed by atoms with van der Waals surface area (Å²) in [6, 6.07) is 3.26. The fourth-order valence-electron chi connectivity index (χ4n) is 2.36. The van der Waals surface area contributed by atoms with Crippen molar-refractivity contribution >= 4 is 11.8 Å². The van der Waals surface area contributed by atoms with Crippen molar-refractivity contribution in [3.8, 4) is 0 Å². The number of carboxylic acids is 1. The minimum Gasteiger partial charge on any atom is -0.478 e. The van der Waals surface area contributed by atoms with Gasteiger partial charge in [0.05, 0.1) is 0 Å². The van der Waals surface area contributed by atoms with E-state index in [2.05, 4.69) is 31.8 Å². The van der Waals surface area contributed by atoms with Gasteiger partial charge in [-0.2, -0.15) is 0 Å². The summed E-state index contributed by atoms with van der Waals surface area (Å²) in [4.78, 5) is 17.5. The maximum absolute atomic E-state index is 11.2. The molecule has 4 nitrogen and oxygen atoms in total. The van der Waals surface area contributed by atoms with Gasteiger partial charge in [0, 0.05) is 19.3 Å². The van der Waals surface area contributed by atoms with Crippen molar-refractivity contribution in [2.45, 2.75) is 27.2 Å². The zero-order valence-electron chi connectivity index (χ0n) is 11.7. The maximum atomic E-state index is 11.2. The summed E-state index contributed by atoms with van der Waals surface area (Å²) in [5.41, 5.74) is 1.89. The fourth-order valence-corrected chi connectivity index (χ4v) is 2.36. The van der Waals surface area contributed by atoms with E-state index in [-0.39, 0.29) is 11.0 Å². The Bertz CT molecular complexity index is 515. The number of anilines is 1. The first kappa shape index (κ1) is 13.6. The Balaban J connectivity index is 2.23. The standard InChI is InChI=1S/C15H20N2O2/c1-15(2,3)11-6-9-17(10-7-11)13-12(14(18)19)5-4-8-16-13/h4-6,8H,7,9-10H2,1-3H3,(H,18,19). The third-order valence-corrected chi connectivity index (χ3v) is 3.49. The predicted octanol–water partition coefficient (Wildman–Crippen LogP) is 2.96. The Kier molecular flexibility index (Phi) is 3.60. The molecule has 4 heteroatoms. The van der Waals surface area contributed by atoms with Crippen LogP contribution in [0, 0.1) is 5.41 Å². The van der Waals surface area contributed by atoms with E-state index < -0.39 is 5.97 Å². The number of hydrogen-bond acceptors (Lipinski definition) is 3. The molecule has 1 aliphatic heterocycles. The van der Waals surface area contributed by atoms with Crippen molar-refractivity contribution in [1.82, 2.24) is 4.98 Å². The van der Waals surface area contributed by atoms with E-state index in [9.17, 15) is 9.90 Å². The molecule has 1 N–H and O–H groups in total. The van der Waals surface area contributed by atoms with Gasteiger partial charge in [-0.3, -0.25) is 0 Å². The largest absolute Gasteiger partial charge is 0.478 e. The van der Waals surface area contributed by atoms with Gasteiger partial charge in [-0.1, -0.05) is 32.4 Å². The lowest BCUT2D eigenvalue weighted by Crippen LogP contribution is -2.33. The first-order chi connectivity index (χ1) is 8.89. The average molecular weight is 260 g/mol. The van der Waals surface area contributed by atoms with E-state index >= 15 is 0 Å². The Morgan fingerprint density at radius 2 is 2.16 bits per heavy atom. The van der Waals surface area contributed by atoms with Crippen LogP contribution in [0.5, 0.6) is 0 Å². The van der Waals surface area contributed by atoms with Crippen LogP contribution in [0.25, 0.3) is 0 Å². The molecule has 0 saturated carbocycles. The lowest BCUT2D eigenvalue weighted by molar-refractivity contribution is 0.0697. The second kappa shape index (κ2) is 5.03. The van der Waals surface area contributed by atoms with Crippen molar-refractivity contribution in [3.63, 3.8) is 0 Å². The molecule has 0 aliphatic carbocycles. The van der Waals surface area contributed by atoms with Crippen LogP contribution in [0.15, 0.2) is 30.0 Å². The molecule has 19 heavy (non-hydrogen) atoms. The van der Waals surface area contributed by atoms with Crippen molar-refractivity contribution in [2.75, 3.05) is 18.0 Å². The van der Waals surface area contributed by atoms with E-state index in [1.807, 2.05) is 4.90 Å². The summed E-state index contributed by atoms with van der Waals surface area (Å²) >= 11 is 0. The highest BCUT2D eigenvalue weighted by atomic mass is 16.4. The summed E-state index contributed by atoms with van der Waals surface area (Å²) in [5.74, 6) is -0.354. The van der Waals surface area contributed by atoms with E-state index in [0.717, 1.165) is 19.5 Å². The van der Waals surface area contributed by atoms with E-state index in [1.165, 1.54) is 5.57 Å². The normalized spacial score (nSPS) is 16.2. The molecule has 2 rings (SSSR count). The number of pyridine rings is 1. The first-order valence-corrected chi connectivity index (χ1v) is 6.52. The minimum absolute atomic E-state index is 0.186. The zero-order chi connectivity index (χ0) is 14.0. The van der Waals surface area contributed by atoms with Gasteiger partial charge in [-0.05, 0) is 24.0 Å². The van der Waals surface area contributed by atoms with Gasteiger partial charge in [0.1, 0.15) is 11.4 Å². The number of aromatic carboxylic acids is 1. The third kappa shape index (κ3) is 2.95. The summed E-state index contributed by atoms with van der Waals surface area (Å²) in [6.07, 6.45) is 4.80. The number of rotatable bonds is 2. The molecule has 1 aromatic heterocycles. The summed E-state index contributed by atoms with van der Waals surface area (Å²) in [6.45, 7) is 8.16. The summed E-state index contributed by atoms with van der Waals surface area (Å²) < 4.78 is 0. The minimum atomic E-state index is -0.923. The van der Waals surface area contributed by atoms with Crippen molar-refractivity contribution in [2.24, 2.45) is 5.41 Å². The fraction of sp³-hybridized carbons (Fsp3) is 0.467. The van der Waals surface area contributed by atoms with Crippen LogP contribution >= 0.6 is 0 Å². The van der Waals surface area contributed by atoms with Crippen molar-refractivity contribution in [3.05, 3.63) is 35.5 Å². The lowest BCUT2D eigenvalue weighted by atomic mass is 9.83. The van der Waals surface area contributed by atoms with Crippen molar-refractivity contribution < 1.29 is 9.90 Å². The second-order valence-corrected chi connectivity index (χ2v) is 5.86. The molecule has 0 amide bonds. The number of carbonyl (C=O) groups is 1. The molecule has 1 aromatic rings. The van der Waals surface area contributed by atoms with E-state index in [1.54, 1.807) is 18.3 Å². The van der Waals surface area contributed by atoms with Gasteiger partial charge >= 0.3 is 5.97 Å². The lowest BCUT2D eigenvalue weighted by Gasteiger charge is -2.33. The quantitative estimate of drug-likeness (QED) is 0.831. The monoisotopic (exact) mass is 260 g/mol. The Morgan fingerprint density at radius 3 is 2.68 bits per heavy atom.